The summed E-state index contributed by atoms with van der Waals surface area (Å²) < 4.78 is 37.5. The van der Waals surface area contributed by atoms with Gasteiger partial charge in [-0.2, -0.15) is 13.2 Å². The van der Waals surface area contributed by atoms with Crippen LogP contribution in [0.25, 0.3) is 22.2 Å². The summed E-state index contributed by atoms with van der Waals surface area (Å²) in [4.78, 5) is 37.7. The standard InChI is InChI=1S/C22H25F3N6O2/c1-12(2)18(20(32)29-11-22(23,24)25)30-15-5-13(7-26-9-15)17-10-28-19-16(17)6-14(8-27-19)21(33)31(3)4/h5-10,12,18,30H,11H2,1-4H3,(H,27,28)(H,29,32). The Morgan fingerprint density at radius 1 is 1.15 bits per heavy atom. The van der Waals surface area contributed by atoms with Crippen molar-refractivity contribution < 1.29 is 22.8 Å². The normalized spacial score (nSPS) is 12.6. The highest BCUT2D eigenvalue weighted by Crippen LogP contribution is 2.30. The molecule has 0 aliphatic rings. The molecule has 1 unspecified atom stereocenters. The van der Waals surface area contributed by atoms with E-state index in [1.54, 1.807) is 52.5 Å². The smallest absolute Gasteiger partial charge is 0.372 e. The number of alkyl halides is 3. The van der Waals surface area contributed by atoms with Gasteiger partial charge < -0.3 is 20.5 Å². The fourth-order valence-corrected chi connectivity index (χ4v) is 3.30. The maximum Gasteiger partial charge on any atom is 0.405 e. The van der Waals surface area contributed by atoms with E-state index in [1.807, 2.05) is 5.32 Å². The Kier molecular flexibility index (Phi) is 6.89. The van der Waals surface area contributed by atoms with Gasteiger partial charge in [0.15, 0.2) is 0 Å². The molecular formula is C22H25F3N6O2. The fraction of sp³-hybridized carbons (Fsp3) is 0.364. The van der Waals surface area contributed by atoms with Crippen LogP contribution in [0.4, 0.5) is 18.9 Å². The third-order valence-electron chi connectivity index (χ3n) is 4.97. The van der Waals surface area contributed by atoms with Crippen molar-refractivity contribution in [3.8, 4) is 11.1 Å². The van der Waals surface area contributed by atoms with E-state index in [9.17, 15) is 22.8 Å². The predicted molar refractivity (Wildman–Crippen MR) is 119 cm³/mol. The predicted octanol–water partition coefficient (Wildman–Crippen LogP) is 3.44. The highest BCUT2D eigenvalue weighted by atomic mass is 19.4. The van der Waals surface area contributed by atoms with Crippen LogP contribution in [0.2, 0.25) is 0 Å². The second-order valence-electron chi connectivity index (χ2n) is 8.18. The minimum atomic E-state index is -4.49. The summed E-state index contributed by atoms with van der Waals surface area (Å²) in [5.41, 5.74) is 2.91. The van der Waals surface area contributed by atoms with Gasteiger partial charge in [-0.1, -0.05) is 13.8 Å². The van der Waals surface area contributed by atoms with Gasteiger partial charge in [0.2, 0.25) is 5.91 Å². The molecule has 3 heterocycles. The van der Waals surface area contributed by atoms with Gasteiger partial charge >= 0.3 is 6.18 Å². The van der Waals surface area contributed by atoms with Gasteiger partial charge in [0.25, 0.3) is 5.91 Å². The molecule has 0 radical (unpaired) electrons. The molecule has 0 aliphatic heterocycles. The van der Waals surface area contributed by atoms with Gasteiger partial charge in [-0.25, -0.2) is 4.98 Å². The van der Waals surface area contributed by atoms with E-state index in [0.29, 0.717) is 27.8 Å². The number of rotatable bonds is 7. The van der Waals surface area contributed by atoms with Crippen molar-refractivity contribution in [2.75, 3.05) is 26.0 Å². The molecule has 11 heteroatoms. The van der Waals surface area contributed by atoms with Crippen molar-refractivity contribution in [2.24, 2.45) is 5.92 Å². The van der Waals surface area contributed by atoms with Crippen molar-refractivity contribution in [1.82, 2.24) is 25.2 Å². The third-order valence-corrected chi connectivity index (χ3v) is 4.97. The molecule has 176 valence electrons. The van der Waals surface area contributed by atoms with Crippen LogP contribution in [0, 0.1) is 5.92 Å². The Labute approximate surface area is 188 Å². The molecule has 0 fully saturated rings. The minimum absolute atomic E-state index is 0.185. The van der Waals surface area contributed by atoms with E-state index >= 15 is 0 Å². The lowest BCUT2D eigenvalue weighted by molar-refractivity contribution is -0.139. The molecule has 0 aromatic carbocycles. The lowest BCUT2D eigenvalue weighted by atomic mass is 10.0. The van der Waals surface area contributed by atoms with Crippen LogP contribution in [-0.4, -0.2) is 64.5 Å². The summed E-state index contributed by atoms with van der Waals surface area (Å²) >= 11 is 0. The maximum absolute atomic E-state index is 12.5. The molecule has 3 aromatic heterocycles. The summed E-state index contributed by atoms with van der Waals surface area (Å²) in [5, 5.41) is 5.61. The van der Waals surface area contributed by atoms with Gasteiger partial charge in [-0.3, -0.25) is 14.6 Å². The molecule has 0 bridgehead atoms. The minimum Gasteiger partial charge on any atom is -0.372 e. The molecule has 8 nitrogen and oxygen atoms in total. The zero-order chi connectivity index (χ0) is 24.3. The number of carbonyl (C=O) groups is 2. The molecule has 0 saturated carbocycles. The summed E-state index contributed by atoms with van der Waals surface area (Å²) in [7, 11) is 3.30. The summed E-state index contributed by atoms with van der Waals surface area (Å²) in [5.74, 6) is -1.22. The molecule has 3 rings (SSSR count). The summed E-state index contributed by atoms with van der Waals surface area (Å²) in [6.45, 7) is 2.07. The van der Waals surface area contributed by atoms with E-state index in [0.717, 1.165) is 5.56 Å². The zero-order valence-electron chi connectivity index (χ0n) is 18.6. The fourth-order valence-electron chi connectivity index (χ4n) is 3.30. The largest absolute Gasteiger partial charge is 0.405 e. The molecule has 2 amide bonds. The SMILES string of the molecule is CC(C)C(Nc1cncc(-c2c[nH]c3ncc(C(=O)N(C)C)cc23)c1)C(=O)NCC(F)(F)F. The van der Waals surface area contributed by atoms with Crippen LogP contribution in [0.3, 0.4) is 0 Å². The lowest BCUT2D eigenvalue weighted by Gasteiger charge is -2.23. The first kappa shape index (κ1) is 24.0. The Hall–Kier alpha value is -3.63. The number of aromatic nitrogens is 3. The van der Waals surface area contributed by atoms with Crippen LogP contribution < -0.4 is 10.6 Å². The van der Waals surface area contributed by atoms with Crippen LogP contribution in [0.15, 0.2) is 36.9 Å². The monoisotopic (exact) mass is 462 g/mol. The average molecular weight is 462 g/mol. The van der Waals surface area contributed by atoms with Gasteiger partial charge in [-0.15, -0.1) is 0 Å². The molecule has 33 heavy (non-hydrogen) atoms. The molecule has 3 aromatic rings. The number of pyridine rings is 2. The van der Waals surface area contributed by atoms with Crippen LogP contribution in [0.1, 0.15) is 24.2 Å². The first-order valence-electron chi connectivity index (χ1n) is 10.2. The maximum atomic E-state index is 12.5. The second-order valence-corrected chi connectivity index (χ2v) is 8.18. The van der Waals surface area contributed by atoms with Gasteiger partial charge in [-0.05, 0) is 18.1 Å². The third kappa shape index (κ3) is 5.79. The number of hydrogen-bond acceptors (Lipinski definition) is 5. The van der Waals surface area contributed by atoms with Crippen molar-refractivity contribution in [3.63, 3.8) is 0 Å². The molecule has 0 saturated heterocycles. The van der Waals surface area contributed by atoms with Gasteiger partial charge in [0.1, 0.15) is 18.2 Å². The number of halogens is 3. The Balaban J connectivity index is 1.88. The number of aromatic amines is 1. The molecule has 1 atom stereocenters. The van der Waals surface area contributed by atoms with Crippen LogP contribution >= 0.6 is 0 Å². The highest BCUT2D eigenvalue weighted by molar-refractivity contribution is 6.01. The molecule has 0 spiro atoms. The zero-order valence-corrected chi connectivity index (χ0v) is 18.6. The quantitative estimate of drug-likeness (QED) is 0.499. The van der Waals surface area contributed by atoms with E-state index < -0.39 is 24.7 Å². The van der Waals surface area contributed by atoms with Gasteiger partial charge in [0.05, 0.1) is 11.3 Å². The Bertz CT molecular complexity index is 1160. The summed E-state index contributed by atoms with van der Waals surface area (Å²) in [6.07, 6.45) is 1.84. The number of H-pyrrole nitrogens is 1. The van der Waals surface area contributed by atoms with Gasteiger partial charge in [0, 0.05) is 55.4 Å². The Morgan fingerprint density at radius 3 is 2.52 bits per heavy atom. The van der Waals surface area contributed by atoms with Crippen molar-refractivity contribution in [3.05, 3.63) is 42.5 Å². The molecular weight excluding hydrogens is 437 g/mol. The number of nitrogens with one attached hydrogen (secondary N) is 3. The molecule has 0 aliphatic carbocycles. The first-order valence-corrected chi connectivity index (χ1v) is 10.2. The average Bonchev–Trinajstić information content (AvgIpc) is 3.18. The van der Waals surface area contributed by atoms with Crippen molar-refractivity contribution in [1.29, 1.82) is 0 Å². The highest BCUT2D eigenvalue weighted by Gasteiger charge is 2.30. The van der Waals surface area contributed by atoms with E-state index in [4.69, 9.17) is 0 Å². The number of fused-ring (bicyclic) bond motifs is 1. The number of carbonyl (C=O) groups excluding carboxylic acids is 2. The number of anilines is 1. The lowest BCUT2D eigenvalue weighted by Crippen LogP contribution is -2.46. The summed E-state index contributed by atoms with van der Waals surface area (Å²) in [6, 6.07) is 2.58. The van der Waals surface area contributed by atoms with Crippen LogP contribution in [-0.2, 0) is 4.79 Å². The van der Waals surface area contributed by atoms with Crippen molar-refractivity contribution >= 4 is 28.5 Å². The van der Waals surface area contributed by atoms with Crippen LogP contribution in [0.5, 0.6) is 0 Å². The first-order chi connectivity index (χ1) is 15.5. The Morgan fingerprint density at radius 2 is 1.88 bits per heavy atom. The molecule has 3 N–H and O–H groups in total. The number of amides is 2. The van der Waals surface area contributed by atoms with E-state index in [-0.39, 0.29) is 11.8 Å². The topological polar surface area (TPSA) is 103 Å². The number of nitrogens with zero attached hydrogens (tertiary/aromatic N) is 3. The second kappa shape index (κ2) is 9.47. The number of hydrogen-bond donors (Lipinski definition) is 3. The van der Waals surface area contributed by atoms with Crippen molar-refractivity contribution in [2.45, 2.75) is 26.1 Å². The van der Waals surface area contributed by atoms with E-state index in [2.05, 4.69) is 20.3 Å². The van der Waals surface area contributed by atoms with E-state index in [1.165, 1.54) is 17.3 Å².